The quantitative estimate of drug-likeness (QED) is 0.303. The molecule has 1 heterocycles. The summed E-state index contributed by atoms with van der Waals surface area (Å²) in [6, 6.07) is 12.6. The number of esters is 1. The number of anilines is 1. The second kappa shape index (κ2) is 10.0. The number of hydrogen-bond acceptors (Lipinski definition) is 7. The molecule has 152 valence electrons. The van der Waals surface area contributed by atoms with Gasteiger partial charge in [0.05, 0.1) is 16.6 Å². The molecule has 29 heavy (non-hydrogen) atoms. The molecule has 9 heteroatoms. The van der Waals surface area contributed by atoms with Gasteiger partial charge in [0.2, 0.25) is 0 Å². The molecule has 0 aromatic heterocycles. The Hall–Kier alpha value is -2.91. The van der Waals surface area contributed by atoms with E-state index in [0.717, 1.165) is 30.1 Å². The van der Waals surface area contributed by atoms with Gasteiger partial charge in [-0.2, -0.15) is 0 Å². The van der Waals surface area contributed by atoms with Gasteiger partial charge in [0.1, 0.15) is 0 Å². The largest absolute Gasteiger partial charge is 0.452 e. The van der Waals surface area contributed by atoms with E-state index in [2.05, 4.69) is 5.32 Å². The monoisotopic (exact) mass is 416 g/mol. The molecule has 1 N–H and O–H groups in total. The van der Waals surface area contributed by atoms with E-state index in [9.17, 15) is 19.7 Å². The maximum absolute atomic E-state index is 12.4. The molecule has 0 unspecified atom stereocenters. The van der Waals surface area contributed by atoms with Crippen molar-refractivity contribution in [2.75, 3.05) is 24.3 Å². The number of rotatable bonds is 8. The van der Waals surface area contributed by atoms with E-state index < -0.39 is 23.4 Å². The molecule has 2 aromatic rings. The van der Waals surface area contributed by atoms with Crippen LogP contribution < -0.4 is 5.32 Å². The van der Waals surface area contributed by atoms with E-state index in [1.165, 1.54) is 36.0 Å². The Labute approximate surface area is 171 Å². The van der Waals surface area contributed by atoms with Crippen molar-refractivity contribution in [2.24, 2.45) is 0 Å². The summed E-state index contributed by atoms with van der Waals surface area (Å²) in [4.78, 5) is 35.5. The zero-order valence-electron chi connectivity index (χ0n) is 15.5. The molecular formula is C20H20N2O6S. The Morgan fingerprint density at radius 2 is 2.07 bits per heavy atom. The second-order valence-corrected chi connectivity index (χ2v) is 7.44. The summed E-state index contributed by atoms with van der Waals surface area (Å²) in [7, 11) is 0. The van der Waals surface area contributed by atoms with Gasteiger partial charge in [0, 0.05) is 35.1 Å². The van der Waals surface area contributed by atoms with E-state index in [0.29, 0.717) is 5.56 Å². The van der Waals surface area contributed by atoms with Crippen LogP contribution in [0.2, 0.25) is 0 Å². The summed E-state index contributed by atoms with van der Waals surface area (Å²) in [5, 5.41) is 13.3. The molecule has 8 nitrogen and oxygen atoms in total. The van der Waals surface area contributed by atoms with Gasteiger partial charge >= 0.3 is 5.97 Å². The molecule has 1 fully saturated rings. The van der Waals surface area contributed by atoms with Crippen LogP contribution in [0.5, 0.6) is 0 Å². The molecule has 0 bridgehead atoms. The zero-order valence-corrected chi connectivity index (χ0v) is 16.4. The first kappa shape index (κ1) is 20.8. The van der Waals surface area contributed by atoms with E-state index in [1.54, 1.807) is 12.1 Å². The summed E-state index contributed by atoms with van der Waals surface area (Å²) in [5.41, 5.74) is 0.503. The summed E-state index contributed by atoms with van der Waals surface area (Å²) < 4.78 is 10.7. The Morgan fingerprint density at radius 1 is 1.24 bits per heavy atom. The lowest BCUT2D eigenvalue weighted by Gasteiger charge is -2.12. The minimum absolute atomic E-state index is 0.142. The Bertz CT molecular complexity index is 898. The number of ether oxygens (including phenoxy) is 2. The molecule has 0 spiro atoms. The van der Waals surface area contributed by atoms with Gasteiger partial charge < -0.3 is 14.8 Å². The van der Waals surface area contributed by atoms with Crippen LogP contribution >= 0.6 is 11.8 Å². The number of non-ortho nitro benzene ring substituents is 1. The van der Waals surface area contributed by atoms with Crippen LogP contribution in [0.15, 0.2) is 53.4 Å². The van der Waals surface area contributed by atoms with Crippen molar-refractivity contribution in [3.63, 3.8) is 0 Å². The molecule has 0 radical (unpaired) electrons. The molecule has 0 aliphatic carbocycles. The number of amides is 1. The van der Waals surface area contributed by atoms with Crippen LogP contribution in [0.3, 0.4) is 0 Å². The van der Waals surface area contributed by atoms with Gasteiger partial charge in [0.25, 0.3) is 11.6 Å². The normalized spacial score (nSPS) is 15.7. The maximum atomic E-state index is 12.4. The number of carbonyl (C=O) groups is 2. The van der Waals surface area contributed by atoms with Gasteiger partial charge in [-0.25, -0.2) is 4.79 Å². The average molecular weight is 416 g/mol. The van der Waals surface area contributed by atoms with Gasteiger partial charge in [-0.15, -0.1) is 11.8 Å². The fourth-order valence-electron chi connectivity index (χ4n) is 2.82. The number of nitro benzene ring substituents is 1. The Morgan fingerprint density at radius 3 is 2.83 bits per heavy atom. The fourth-order valence-corrected chi connectivity index (χ4v) is 3.93. The van der Waals surface area contributed by atoms with Gasteiger partial charge in [0.15, 0.2) is 6.61 Å². The van der Waals surface area contributed by atoms with Crippen molar-refractivity contribution >= 4 is 35.0 Å². The molecule has 1 atom stereocenters. The topological polar surface area (TPSA) is 108 Å². The summed E-state index contributed by atoms with van der Waals surface area (Å²) in [6.45, 7) is 0.279. The van der Waals surface area contributed by atoms with E-state index in [-0.39, 0.29) is 17.5 Å². The van der Waals surface area contributed by atoms with Gasteiger partial charge in [-0.1, -0.05) is 18.2 Å². The third-order valence-corrected chi connectivity index (χ3v) is 5.44. The molecule has 1 aliphatic heterocycles. The highest BCUT2D eigenvalue weighted by Gasteiger charge is 2.19. The first-order chi connectivity index (χ1) is 14.0. The van der Waals surface area contributed by atoms with E-state index in [1.807, 2.05) is 12.1 Å². The first-order valence-electron chi connectivity index (χ1n) is 9.08. The molecule has 0 saturated carbocycles. The van der Waals surface area contributed by atoms with Crippen LogP contribution in [-0.2, 0) is 14.3 Å². The highest BCUT2D eigenvalue weighted by atomic mass is 32.2. The Kier molecular flexibility index (Phi) is 7.20. The average Bonchev–Trinajstić information content (AvgIpc) is 3.24. The summed E-state index contributed by atoms with van der Waals surface area (Å²) in [6.07, 6.45) is 2.25. The number of nitrogens with one attached hydrogen (secondary N) is 1. The molecule has 2 aromatic carbocycles. The molecule has 1 aliphatic rings. The number of thioether (sulfide) groups is 1. The lowest BCUT2D eigenvalue weighted by atomic mass is 10.2. The van der Waals surface area contributed by atoms with Crippen LogP contribution in [0.4, 0.5) is 11.4 Å². The van der Waals surface area contributed by atoms with Crippen LogP contribution in [-0.4, -0.2) is 41.9 Å². The molecular weight excluding hydrogens is 396 g/mol. The van der Waals surface area contributed by atoms with Crippen molar-refractivity contribution in [3.8, 4) is 0 Å². The predicted molar refractivity (Wildman–Crippen MR) is 108 cm³/mol. The first-order valence-corrected chi connectivity index (χ1v) is 10.1. The SMILES string of the molecule is O=C(COC(=O)c1ccccc1SC[C@@H]1CCCO1)Nc1cccc([N+](=O)[O-])c1. The van der Waals surface area contributed by atoms with Crippen molar-refractivity contribution in [2.45, 2.75) is 23.8 Å². The van der Waals surface area contributed by atoms with Crippen molar-refractivity contribution in [3.05, 3.63) is 64.2 Å². The van der Waals surface area contributed by atoms with Crippen LogP contribution in [0, 0.1) is 10.1 Å². The van der Waals surface area contributed by atoms with E-state index >= 15 is 0 Å². The number of nitrogens with zero attached hydrogens (tertiary/aromatic N) is 1. The molecule has 1 amide bonds. The minimum atomic E-state index is -0.602. The number of benzene rings is 2. The molecule has 1 saturated heterocycles. The highest BCUT2D eigenvalue weighted by molar-refractivity contribution is 7.99. The predicted octanol–water partition coefficient (Wildman–Crippen LogP) is 3.66. The van der Waals surface area contributed by atoms with Crippen LogP contribution in [0.25, 0.3) is 0 Å². The zero-order chi connectivity index (χ0) is 20.6. The van der Waals surface area contributed by atoms with E-state index in [4.69, 9.17) is 9.47 Å². The second-order valence-electron chi connectivity index (χ2n) is 6.37. The number of hydrogen-bond donors (Lipinski definition) is 1. The third-order valence-electron chi connectivity index (χ3n) is 4.23. The maximum Gasteiger partial charge on any atom is 0.339 e. The van der Waals surface area contributed by atoms with Crippen LogP contribution in [0.1, 0.15) is 23.2 Å². The Balaban J connectivity index is 1.54. The highest BCUT2D eigenvalue weighted by Crippen LogP contribution is 2.27. The smallest absolute Gasteiger partial charge is 0.339 e. The number of carbonyl (C=O) groups excluding carboxylic acids is 2. The van der Waals surface area contributed by atoms with Crippen molar-refractivity contribution < 1.29 is 24.0 Å². The van der Waals surface area contributed by atoms with Gasteiger partial charge in [-0.3, -0.25) is 14.9 Å². The van der Waals surface area contributed by atoms with Crippen molar-refractivity contribution in [1.29, 1.82) is 0 Å². The summed E-state index contributed by atoms with van der Waals surface area (Å²) >= 11 is 1.52. The minimum Gasteiger partial charge on any atom is -0.452 e. The number of nitro groups is 1. The third kappa shape index (κ3) is 6.03. The lowest BCUT2D eigenvalue weighted by Crippen LogP contribution is -2.21. The summed E-state index contributed by atoms with van der Waals surface area (Å²) in [5.74, 6) is -0.435. The lowest BCUT2D eigenvalue weighted by molar-refractivity contribution is -0.384. The fraction of sp³-hybridized carbons (Fsp3) is 0.300. The standard InChI is InChI=1S/C20H20N2O6S/c23-19(21-14-5-3-6-15(11-14)22(25)26)12-28-20(24)17-8-1-2-9-18(17)29-13-16-7-4-10-27-16/h1-3,5-6,8-9,11,16H,4,7,10,12-13H2,(H,21,23)/t16-/m0/s1. The van der Waals surface area contributed by atoms with Crippen molar-refractivity contribution in [1.82, 2.24) is 0 Å². The van der Waals surface area contributed by atoms with Gasteiger partial charge in [-0.05, 0) is 31.0 Å². The molecule has 3 rings (SSSR count).